The van der Waals surface area contributed by atoms with E-state index in [-0.39, 0.29) is 30.1 Å². The highest BCUT2D eigenvalue weighted by Crippen LogP contribution is 2.39. The smallest absolute Gasteiger partial charge is 0.226 e. The molecular weight excluding hydrogens is 285 g/mol. The minimum Gasteiger partial charge on any atom is -0.497 e. The van der Waals surface area contributed by atoms with E-state index < -0.39 is 0 Å². The monoisotopic (exact) mass is 303 g/mol. The van der Waals surface area contributed by atoms with E-state index in [1.165, 1.54) is 13.2 Å². The first-order valence-electron chi connectivity index (χ1n) is 7.22. The number of nitrogens with zero attached hydrogens (tertiary/aromatic N) is 2. The number of fused-ring (bicyclic) bond motifs is 1. The number of nitrogens with one attached hydrogen (secondary N) is 1. The summed E-state index contributed by atoms with van der Waals surface area (Å²) in [5.74, 6) is 0.283. The molecule has 0 unspecified atom stereocenters. The summed E-state index contributed by atoms with van der Waals surface area (Å²) in [6.45, 7) is 3.97. The van der Waals surface area contributed by atoms with Gasteiger partial charge in [-0.3, -0.25) is 4.79 Å². The normalized spacial score (nSPS) is 17.3. The molecular formula is C16H18FN3O2. The van der Waals surface area contributed by atoms with Crippen LogP contribution in [0.3, 0.4) is 0 Å². The van der Waals surface area contributed by atoms with Gasteiger partial charge in [-0.05, 0) is 25.5 Å². The fourth-order valence-electron chi connectivity index (χ4n) is 2.82. The summed E-state index contributed by atoms with van der Waals surface area (Å²) in [5.41, 5.74) is 1.33. The maximum absolute atomic E-state index is 14.4. The van der Waals surface area contributed by atoms with Crippen molar-refractivity contribution in [2.24, 2.45) is 0 Å². The van der Waals surface area contributed by atoms with Crippen molar-refractivity contribution in [3.8, 4) is 5.75 Å². The Kier molecular flexibility index (Phi) is 3.60. The molecule has 0 fully saturated rings. The van der Waals surface area contributed by atoms with Gasteiger partial charge in [0.25, 0.3) is 0 Å². The summed E-state index contributed by atoms with van der Waals surface area (Å²) in [7, 11) is 1.49. The van der Waals surface area contributed by atoms with E-state index in [1.807, 2.05) is 13.8 Å². The van der Waals surface area contributed by atoms with Crippen molar-refractivity contribution in [2.75, 3.05) is 12.4 Å². The maximum Gasteiger partial charge on any atom is 0.226 e. The van der Waals surface area contributed by atoms with Crippen LogP contribution in [-0.2, 0) is 4.79 Å². The summed E-state index contributed by atoms with van der Waals surface area (Å²) in [6, 6.07) is 4.84. The third kappa shape index (κ3) is 2.34. The van der Waals surface area contributed by atoms with Crippen molar-refractivity contribution >= 4 is 11.7 Å². The Bertz CT molecular complexity index is 724. The summed E-state index contributed by atoms with van der Waals surface area (Å²) in [4.78, 5) is 12.0. The molecule has 1 N–H and O–H groups in total. The lowest BCUT2D eigenvalue weighted by molar-refractivity contribution is -0.116. The Labute approximate surface area is 128 Å². The van der Waals surface area contributed by atoms with Gasteiger partial charge in [0, 0.05) is 30.0 Å². The molecule has 0 saturated heterocycles. The van der Waals surface area contributed by atoms with E-state index in [2.05, 4.69) is 10.4 Å². The summed E-state index contributed by atoms with van der Waals surface area (Å²) >= 11 is 0. The molecule has 1 aromatic carbocycles. The number of anilines is 1. The number of aromatic nitrogens is 2. The van der Waals surface area contributed by atoms with Crippen LogP contribution in [0.1, 0.15) is 43.4 Å². The van der Waals surface area contributed by atoms with Gasteiger partial charge in [0.1, 0.15) is 17.4 Å². The fraction of sp³-hybridized carbons (Fsp3) is 0.375. The second-order valence-electron chi connectivity index (χ2n) is 5.68. The number of ether oxygens (including phenoxy) is 1. The van der Waals surface area contributed by atoms with Crippen LogP contribution in [0.15, 0.2) is 24.4 Å². The number of carbonyl (C=O) groups is 1. The topological polar surface area (TPSA) is 56.1 Å². The Morgan fingerprint density at radius 3 is 2.82 bits per heavy atom. The van der Waals surface area contributed by atoms with Crippen LogP contribution >= 0.6 is 0 Å². The molecule has 3 rings (SSSR count). The van der Waals surface area contributed by atoms with Gasteiger partial charge in [-0.2, -0.15) is 5.10 Å². The average Bonchev–Trinajstić information content (AvgIpc) is 2.90. The second kappa shape index (κ2) is 5.44. The van der Waals surface area contributed by atoms with Crippen molar-refractivity contribution in [1.82, 2.24) is 9.78 Å². The minimum atomic E-state index is -0.373. The highest BCUT2D eigenvalue weighted by molar-refractivity contribution is 5.94. The van der Waals surface area contributed by atoms with Gasteiger partial charge < -0.3 is 10.1 Å². The van der Waals surface area contributed by atoms with Crippen LogP contribution in [0.2, 0.25) is 0 Å². The minimum absolute atomic E-state index is 0.114. The number of rotatable bonds is 3. The van der Waals surface area contributed by atoms with Crippen molar-refractivity contribution in [3.63, 3.8) is 0 Å². The zero-order valence-corrected chi connectivity index (χ0v) is 12.8. The van der Waals surface area contributed by atoms with Gasteiger partial charge in [-0.1, -0.05) is 6.07 Å². The molecule has 6 heteroatoms. The fourth-order valence-corrected chi connectivity index (χ4v) is 2.82. The third-order valence-corrected chi connectivity index (χ3v) is 3.92. The molecule has 0 spiro atoms. The molecule has 1 amide bonds. The average molecular weight is 303 g/mol. The van der Waals surface area contributed by atoms with E-state index in [0.29, 0.717) is 17.1 Å². The molecule has 1 aliphatic rings. The van der Waals surface area contributed by atoms with Crippen LogP contribution in [0.5, 0.6) is 5.75 Å². The molecule has 1 atom stereocenters. The number of amides is 1. The molecule has 5 nitrogen and oxygen atoms in total. The second-order valence-corrected chi connectivity index (χ2v) is 5.68. The Balaban J connectivity index is 2.08. The molecule has 0 aliphatic carbocycles. The van der Waals surface area contributed by atoms with Crippen molar-refractivity contribution < 1.29 is 13.9 Å². The number of hydrogen-bond acceptors (Lipinski definition) is 3. The van der Waals surface area contributed by atoms with Gasteiger partial charge >= 0.3 is 0 Å². The SMILES string of the molecule is COc1ccc([C@H]2CC(=O)Nc3c2cnn3C(C)C)c(F)c1. The Morgan fingerprint density at radius 1 is 1.41 bits per heavy atom. The zero-order valence-electron chi connectivity index (χ0n) is 12.8. The van der Waals surface area contributed by atoms with E-state index in [0.717, 1.165) is 5.56 Å². The van der Waals surface area contributed by atoms with Crippen LogP contribution < -0.4 is 10.1 Å². The van der Waals surface area contributed by atoms with Gasteiger partial charge in [0.15, 0.2) is 0 Å². The van der Waals surface area contributed by atoms with Gasteiger partial charge in [-0.15, -0.1) is 0 Å². The molecule has 0 radical (unpaired) electrons. The molecule has 2 aromatic rings. The highest BCUT2D eigenvalue weighted by atomic mass is 19.1. The van der Waals surface area contributed by atoms with E-state index in [9.17, 15) is 9.18 Å². The van der Waals surface area contributed by atoms with Crippen LogP contribution in [0.4, 0.5) is 10.2 Å². The molecule has 2 heterocycles. The lowest BCUT2D eigenvalue weighted by atomic mass is 9.87. The molecule has 22 heavy (non-hydrogen) atoms. The third-order valence-electron chi connectivity index (χ3n) is 3.92. The van der Waals surface area contributed by atoms with Gasteiger partial charge in [0.05, 0.1) is 13.3 Å². The molecule has 1 aliphatic heterocycles. The Morgan fingerprint density at radius 2 is 2.18 bits per heavy atom. The number of benzene rings is 1. The first kappa shape index (κ1) is 14.6. The first-order valence-corrected chi connectivity index (χ1v) is 7.22. The standard InChI is InChI=1S/C16H18FN3O2/c1-9(2)20-16-13(8-18-20)12(7-15(21)19-16)11-5-4-10(22-3)6-14(11)17/h4-6,8-9,12H,7H2,1-3H3,(H,19,21)/t12-/m1/s1. The highest BCUT2D eigenvalue weighted by Gasteiger charge is 2.32. The summed E-state index contributed by atoms with van der Waals surface area (Å²) in [5, 5.41) is 7.17. The quantitative estimate of drug-likeness (QED) is 0.948. The van der Waals surface area contributed by atoms with Gasteiger partial charge in [0.2, 0.25) is 5.91 Å². The lowest BCUT2D eigenvalue weighted by Gasteiger charge is -2.25. The van der Waals surface area contributed by atoms with Crippen LogP contribution in [0, 0.1) is 5.82 Å². The Hall–Kier alpha value is -2.37. The maximum atomic E-state index is 14.4. The molecule has 116 valence electrons. The van der Waals surface area contributed by atoms with E-state index in [1.54, 1.807) is 23.0 Å². The predicted molar refractivity (Wildman–Crippen MR) is 80.7 cm³/mol. The van der Waals surface area contributed by atoms with Gasteiger partial charge in [-0.25, -0.2) is 9.07 Å². The zero-order chi connectivity index (χ0) is 15.9. The van der Waals surface area contributed by atoms with E-state index in [4.69, 9.17) is 4.74 Å². The molecule has 0 saturated carbocycles. The summed E-state index contributed by atoms with van der Waals surface area (Å²) in [6.07, 6.45) is 1.92. The van der Waals surface area contributed by atoms with Crippen molar-refractivity contribution in [1.29, 1.82) is 0 Å². The van der Waals surface area contributed by atoms with Crippen molar-refractivity contribution in [2.45, 2.75) is 32.2 Å². The number of carbonyl (C=O) groups excluding carboxylic acids is 1. The number of hydrogen-bond donors (Lipinski definition) is 1. The largest absolute Gasteiger partial charge is 0.497 e. The summed E-state index contributed by atoms with van der Waals surface area (Å²) < 4.78 is 21.1. The number of halogens is 1. The lowest BCUT2D eigenvalue weighted by Crippen LogP contribution is -2.25. The van der Waals surface area contributed by atoms with E-state index >= 15 is 0 Å². The first-order chi connectivity index (χ1) is 10.5. The molecule has 1 aromatic heterocycles. The number of methoxy groups -OCH3 is 1. The van der Waals surface area contributed by atoms with Crippen LogP contribution in [-0.4, -0.2) is 22.8 Å². The van der Waals surface area contributed by atoms with Crippen LogP contribution in [0.25, 0.3) is 0 Å². The predicted octanol–water partition coefficient (Wildman–Crippen LogP) is 3.09. The molecule has 0 bridgehead atoms. The van der Waals surface area contributed by atoms with Crippen molar-refractivity contribution in [3.05, 3.63) is 41.3 Å².